The van der Waals surface area contributed by atoms with Crippen molar-refractivity contribution >= 4 is 34.8 Å². The second kappa shape index (κ2) is 5.15. The highest BCUT2D eigenvalue weighted by atomic mass is 35.5. The second-order valence-corrected chi connectivity index (χ2v) is 4.56. The van der Waals surface area contributed by atoms with E-state index < -0.39 is 22.6 Å². The summed E-state index contributed by atoms with van der Waals surface area (Å²) in [6, 6.07) is 0. The molecule has 0 unspecified atom stereocenters. The van der Waals surface area contributed by atoms with Gasteiger partial charge in [-0.3, -0.25) is 10.1 Å². The molecular weight excluding hydrogens is 281 g/mol. The topological polar surface area (TPSA) is 80.9 Å². The van der Waals surface area contributed by atoms with Gasteiger partial charge in [-0.1, -0.05) is 11.3 Å². The summed E-state index contributed by atoms with van der Waals surface area (Å²) in [6.45, 7) is 2.85. The van der Waals surface area contributed by atoms with E-state index in [2.05, 4.69) is 15.5 Å². The lowest BCUT2D eigenvalue weighted by Gasteiger charge is -2.15. The van der Waals surface area contributed by atoms with Crippen LogP contribution in [-0.2, 0) is 11.0 Å². The van der Waals surface area contributed by atoms with Crippen molar-refractivity contribution in [3.05, 3.63) is 5.01 Å². The molecule has 1 aromatic heterocycles. The molecule has 98 valence electrons. The van der Waals surface area contributed by atoms with Crippen LogP contribution in [0, 0.1) is 0 Å². The average Bonchev–Trinajstić information content (AvgIpc) is 2.49. The number of halogens is 4. The Bertz CT molecular complexity index is 401. The van der Waals surface area contributed by atoms with Gasteiger partial charge in [-0.25, -0.2) is 0 Å². The fourth-order valence-electron chi connectivity index (χ4n) is 0.647. The Balaban J connectivity index is 0.00000256. The standard InChI is InChI=1S/C7H9F3N4OS.ClH/c1-6(2,11)3(15)12-5-14-13-4(16-5)7(8,9)10;/h11H2,1-2H3,(H,12,14,15);1H. The van der Waals surface area contributed by atoms with Gasteiger partial charge >= 0.3 is 6.18 Å². The number of anilines is 1. The van der Waals surface area contributed by atoms with Gasteiger partial charge in [0.25, 0.3) is 0 Å². The van der Waals surface area contributed by atoms with E-state index in [1.807, 2.05) is 0 Å². The quantitative estimate of drug-likeness (QED) is 0.868. The van der Waals surface area contributed by atoms with Crippen LogP contribution < -0.4 is 11.1 Å². The maximum Gasteiger partial charge on any atom is 0.445 e. The maximum atomic E-state index is 12.1. The minimum absolute atomic E-state index is 0. The fourth-order valence-corrected chi connectivity index (χ4v) is 1.25. The molecular formula is C7H10ClF3N4OS. The molecule has 3 N–H and O–H groups in total. The van der Waals surface area contributed by atoms with E-state index >= 15 is 0 Å². The Morgan fingerprint density at radius 3 is 2.24 bits per heavy atom. The van der Waals surface area contributed by atoms with Crippen molar-refractivity contribution in [3.63, 3.8) is 0 Å². The number of hydrogen-bond acceptors (Lipinski definition) is 5. The van der Waals surface area contributed by atoms with E-state index in [1.54, 1.807) is 0 Å². The summed E-state index contributed by atoms with van der Waals surface area (Å²) < 4.78 is 36.4. The molecule has 1 aromatic rings. The number of nitrogens with one attached hydrogen (secondary N) is 1. The Hall–Kier alpha value is -0.930. The minimum atomic E-state index is -4.56. The van der Waals surface area contributed by atoms with Crippen LogP contribution in [0.15, 0.2) is 0 Å². The Morgan fingerprint density at radius 2 is 1.88 bits per heavy atom. The van der Waals surface area contributed by atoms with Gasteiger partial charge in [0.1, 0.15) is 0 Å². The number of hydrogen-bond donors (Lipinski definition) is 2. The van der Waals surface area contributed by atoms with Gasteiger partial charge in [-0.05, 0) is 13.8 Å². The minimum Gasteiger partial charge on any atom is -0.318 e. The highest BCUT2D eigenvalue weighted by molar-refractivity contribution is 7.15. The van der Waals surface area contributed by atoms with Crippen LogP contribution >= 0.6 is 23.7 Å². The first kappa shape index (κ1) is 16.1. The van der Waals surface area contributed by atoms with Crippen LogP contribution in [0.4, 0.5) is 18.3 Å². The van der Waals surface area contributed by atoms with E-state index in [0.717, 1.165) is 0 Å². The van der Waals surface area contributed by atoms with Crippen molar-refractivity contribution in [2.75, 3.05) is 5.32 Å². The zero-order chi connectivity index (χ0) is 12.6. The molecule has 0 aliphatic rings. The molecule has 0 aliphatic carbocycles. The number of carbonyl (C=O) groups excluding carboxylic acids is 1. The number of rotatable bonds is 2. The molecule has 1 amide bonds. The van der Waals surface area contributed by atoms with Gasteiger partial charge in [0, 0.05) is 0 Å². The lowest BCUT2D eigenvalue weighted by atomic mass is 10.1. The number of alkyl halides is 3. The van der Waals surface area contributed by atoms with Crippen molar-refractivity contribution in [2.24, 2.45) is 5.73 Å². The molecule has 0 bridgehead atoms. The zero-order valence-electron chi connectivity index (χ0n) is 8.83. The molecule has 1 rings (SSSR count). The van der Waals surface area contributed by atoms with E-state index in [4.69, 9.17) is 5.73 Å². The van der Waals surface area contributed by atoms with E-state index in [1.165, 1.54) is 13.8 Å². The lowest BCUT2D eigenvalue weighted by Crippen LogP contribution is -2.45. The third-order valence-corrected chi connectivity index (χ3v) is 2.36. The normalized spacial score (nSPS) is 11.9. The van der Waals surface area contributed by atoms with Gasteiger partial charge in [0.15, 0.2) is 0 Å². The Kier molecular flexibility index (Phi) is 4.87. The largest absolute Gasteiger partial charge is 0.445 e. The lowest BCUT2D eigenvalue weighted by molar-refractivity contribution is -0.138. The first-order valence-electron chi connectivity index (χ1n) is 4.12. The predicted molar refractivity (Wildman–Crippen MR) is 59.1 cm³/mol. The number of nitrogens with two attached hydrogens (primary N) is 1. The summed E-state index contributed by atoms with van der Waals surface area (Å²) in [5.74, 6) is -0.627. The Labute approximate surface area is 105 Å². The summed E-state index contributed by atoms with van der Waals surface area (Å²) in [5.41, 5.74) is 4.25. The van der Waals surface area contributed by atoms with Crippen molar-refractivity contribution < 1.29 is 18.0 Å². The molecule has 5 nitrogen and oxygen atoms in total. The van der Waals surface area contributed by atoms with Crippen LogP contribution in [-0.4, -0.2) is 21.6 Å². The van der Waals surface area contributed by atoms with Gasteiger partial charge < -0.3 is 5.73 Å². The van der Waals surface area contributed by atoms with Crippen LogP contribution in [0.25, 0.3) is 0 Å². The number of carbonyl (C=O) groups is 1. The molecule has 0 fully saturated rings. The van der Waals surface area contributed by atoms with Gasteiger partial charge in [-0.2, -0.15) is 13.2 Å². The van der Waals surface area contributed by atoms with Crippen molar-refractivity contribution in [2.45, 2.75) is 25.6 Å². The molecule has 0 atom stereocenters. The van der Waals surface area contributed by atoms with Gasteiger partial charge in [0.2, 0.25) is 16.0 Å². The van der Waals surface area contributed by atoms with Gasteiger partial charge in [0.05, 0.1) is 5.54 Å². The van der Waals surface area contributed by atoms with Crippen LogP contribution in [0.5, 0.6) is 0 Å². The summed E-state index contributed by atoms with van der Waals surface area (Å²) >= 11 is 0.250. The molecule has 0 aromatic carbocycles. The van der Waals surface area contributed by atoms with Crippen molar-refractivity contribution in [1.29, 1.82) is 0 Å². The highest BCUT2D eigenvalue weighted by Gasteiger charge is 2.36. The molecule has 17 heavy (non-hydrogen) atoms. The number of amides is 1. The van der Waals surface area contributed by atoms with Crippen LogP contribution in [0.3, 0.4) is 0 Å². The van der Waals surface area contributed by atoms with Crippen molar-refractivity contribution in [1.82, 2.24) is 10.2 Å². The zero-order valence-corrected chi connectivity index (χ0v) is 10.5. The van der Waals surface area contributed by atoms with Crippen LogP contribution in [0.2, 0.25) is 0 Å². The first-order valence-corrected chi connectivity index (χ1v) is 4.93. The SMILES string of the molecule is CC(C)(N)C(=O)Nc1nnc(C(F)(F)F)s1.Cl. The first-order chi connectivity index (χ1) is 7.10. The van der Waals surface area contributed by atoms with Gasteiger partial charge in [-0.15, -0.1) is 22.6 Å². The summed E-state index contributed by atoms with van der Waals surface area (Å²) in [4.78, 5) is 11.3. The molecule has 0 saturated carbocycles. The molecule has 0 aliphatic heterocycles. The predicted octanol–water partition coefficient (Wildman–Crippen LogP) is 1.65. The second-order valence-electron chi connectivity index (χ2n) is 3.59. The average molecular weight is 291 g/mol. The number of nitrogens with zero attached hydrogens (tertiary/aromatic N) is 2. The van der Waals surface area contributed by atoms with Crippen molar-refractivity contribution in [3.8, 4) is 0 Å². The summed E-state index contributed by atoms with van der Waals surface area (Å²) in [6.07, 6.45) is -4.56. The summed E-state index contributed by atoms with van der Waals surface area (Å²) in [7, 11) is 0. The van der Waals surface area contributed by atoms with E-state index in [0.29, 0.717) is 0 Å². The third kappa shape index (κ3) is 4.44. The molecule has 0 spiro atoms. The molecule has 0 radical (unpaired) electrons. The third-order valence-electron chi connectivity index (χ3n) is 1.47. The molecule has 1 heterocycles. The monoisotopic (exact) mass is 290 g/mol. The summed E-state index contributed by atoms with van der Waals surface area (Å²) in [5, 5.41) is 6.92. The fraction of sp³-hybridized carbons (Fsp3) is 0.571. The Morgan fingerprint density at radius 1 is 1.35 bits per heavy atom. The maximum absolute atomic E-state index is 12.1. The number of aromatic nitrogens is 2. The molecule has 0 saturated heterocycles. The van der Waals surface area contributed by atoms with Crippen LogP contribution in [0.1, 0.15) is 18.9 Å². The van der Waals surface area contributed by atoms with E-state index in [9.17, 15) is 18.0 Å². The smallest absolute Gasteiger partial charge is 0.318 e. The highest BCUT2D eigenvalue weighted by Crippen LogP contribution is 2.33. The van der Waals surface area contributed by atoms with E-state index in [-0.39, 0.29) is 28.9 Å². The molecule has 10 heteroatoms.